The van der Waals surface area contributed by atoms with E-state index >= 15 is 0 Å². The van der Waals surface area contributed by atoms with Crippen molar-refractivity contribution in [3.8, 4) is 5.75 Å². The van der Waals surface area contributed by atoms with E-state index in [4.69, 9.17) is 4.74 Å². The molecule has 2 aromatic carbocycles. The Balaban J connectivity index is 2.25. The number of nitro groups is 1. The van der Waals surface area contributed by atoms with E-state index in [1.54, 1.807) is 13.8 Å². The van der Waals surface area contributed by atoms with E-state index in [0.29, 0.717) is 18.7 Å². The van der Waals surface area contributed by atoms with Crippen LogP contribution in [0.4, 0.5) is 5.69 Å². The van der Waals surface area contributed by atoms with Crippen LogP contribution in [0.2, 0.25) is 0 Å². The molecule has 0 aliphatic carbocycles. The number of nitro benzene ring substituents is 1. The number of hydrogen-bond acceptors (Lipinski definition) is 6. The molecule has 156 valence electrons. The van der Waals surface area contributed by atoms with Crippen molar-refractivity contribution < 1.29 is 22.9 Å². The lowest BCUT2D eigenvalue weighted by atomic mass is 10.1. The molecule has 0 aliphatic rings. The lowest BCUT2D eigenvalue weighted by Gasteiger charge is -2.19. The third kappa shape index (κ3) is 5.09. The number of hydrogen-bond donors (Lipinski definition) is 1. The van der Waals surface area contributed by atoms with Crippen molar-refractivity contribution in [3.63, 3.8) is 0 Å². The van der Waals surface area contributed by atoms with Crippen molar-refractivity contribution >= 4 is 21.6 Å². The first-order valence-corrected chi connectivity index (χ1v) is 10.4. The Morgan fingerprint density at radius 3 is 2.28 bits per heavy atom. The van der Waals surface area contributed by atoms with Crippen molar-refractivity contribution in [2.45, 2.75) is 25.3 Å². The molecule has 0 unspecified atom stereocenters. The zero-order chi connectivity index (χ0) is 21.6. The third-order valence-corrected chi connectivity index (χ3v) is 6.40. The maximum absolute atomic E-state index is 12.7. The molecule has 0 bridgehead atoms. The van der Waals surface area contributed by atoms with E-state index in [2.05, 4.69) is 5.32 Å². The van der Waals surface area contributed by atoms with E-state index in [1.165, 1.54) is 53.9 Å². The summed E-state index contributed by atoms with van der Waals surface area (Å²) in [4.78, 5) is 22.9. The highest BCUT2D eigenvalue weighted by Crippen LogP contribution is 2.25. The SMILES string of the molecule is CCN(CC)S(=O)(=O)c1ccc(OC)c(C(=O)NCc2ccc([N+](=O)[O-])cc2)c1. The Bertz CT molecular complexity index is 986. The molecule has 9 nitrogen and oxygen atoms in total. The van der Waals surface area contributed by atoms with Gasteiger partial charge in [0.05, 0.1) is 22.5 Å². The molecule has 29 heavy (non-hydrogen) atoms. The summed E-state index contributed by atoms with van der Waals surface area (Å²) in [5.41, 5.74) is 0.702. The van der Waals surface area contributed by atoms with Crippen LogP contribution in [0.3, 0.4) is 0 Å². The van der Waals surface area contributed by atoms with Crippen molar-refractivity contribution in [1.29, 1.82) is 0 Å². The van der Waals surface area contributed by atoms with Crippen LogP contribution in [-0.2, 0) is 16.6 Å². The van der Waals surface area contributed by atoms with Gasteiger partial charge in [-0.2, -0.15) is 4.31 Å². The molecule has 0 aliphatic heterocycles. The summed E-state index contributed by atoms with van der Waals surface area (Å²) in [6, 6.07) is 9.90. The Kier molecular flexibility index (Phi) is 7.29. The lowest BCUT2D eigenvalue weighted by Crippen LogP contribution is -2.31. The van der Waals surface area contributed by atoms with Crippen LogP contribution in [-0.4, -0.2) is 43.8 Å². The summed E-state index contributed by atoms with van der Waals surface area (Å²) < 4.78 is 32.0. The standard InChI is InChI=1S/C19H23N3O6S/c1-4-21(5-2)29(26,27)16-10-11-18(28-3)17(12-16)19(23)20-13-14-6-8-15(9-7-14)22(24)25/h6-12H,4-5,13H2,1-3H3,(H,20,23). The molecule has 0 heterocycles. The van der Waals surface area contributed by atoms with Gasteiger partial charge in [-0.1, -0.05) is 26.0 Å². The van der Waals surface area contributed by atoms with Gasteiger partial charge in [-0.3, -0.25) is 14.9 Å². The number of nitrogens with one attached hydrogen (secondary N) is 1. The van der Waals surface area contributed by atoms with E-state index in [0.717, 1.165) is 0 Å². The second-order valence-electron chi connectivity index (χ2n) is 6.06. The molecule has 10 heteroatoms. The average Bonchev–Trinajstić information content (AvgIpc) is 2.72. The van der Waals surface area contributed by atoms with Crippen LogP contribution in [0.1, 0.15) is 29.8 Å². The summed E-state index contributed by atoms with van der Waals surface area (Å²) in [6.45, 7) is 4.22. The van der Waals surface area contributed by atoms with Crippen molar-refractivity contribution in [1.82, 2.24) is 9.62 Å². The number of ether oxygens (including phenoxy) is 1. The molecule has 0 radical (unpaired) electrons. The van der Waals surface area contributed by atoms with Crippen LogP contribution in [0, 0.1) is 10.1 Å². The summed E-state index contributed by atoms with van der Waals surface area (Å²) in [5, 5.41) is 13.4. The van der Waals surface area contributed by atoms with Gasteiger partial charge in [-0.25, -0.2) is 8.42 Å². The zero-order valence-electron chi connectivity index (χ0n) is 16.4. The molecule has 0 saturated carbocycles. The van der Waals surface area contributed by atoms with Crippen molar-refractivity contribution in [2.75, 3.05) is 20.2 Å². The summed E-state index contributed by atoms with van der Waals surface area (Å²) in [7, 11) is -2.34. The number of nitrogens with zero attached hydrogens (tertiary/aromatic N) is 2. The molecular formula is C19H23N3O6S. The number of non-ortho nitro benzene ring substituents is 1. The van der Waals surface area contributed by atoms with Gasteiger partial charge in [0, 0.05) is 31.8 Å². The van der Waals surface area contributed by atoms with Crippen LogP contribution in [0.5, 0.6) is 5.75 Å². The van der Waals surface area contributed by atoms with Gasteiger partial charge < -0.3 is 10.1 Å². The van der Waals surface area contributed by atoms with E-state index < -0.39 is 20.9 Å². The van der Waals surface area contributed by atoms with Gasteiger partial charge in [-0.05, 0) is 23.8 Å². The number of benzene rings is 2. The monoisotopic (exact) mass is 421 g/mol. The third-order valence-electron chi connectivity index (χ3n) is 4.36. The molecule has 1 N–H and O–H groups in total. The minimum absolute atomic E-state index is 0.00230. The molecule has 0 atom stereocenters. The fourth-order valence-corrected chi connectivity index (χ4v) is 4.24. The van der Waals surface area contributed by atoms with E-state index in [9.17, 15) is 23.3 Å². The zero-order valence-corrected chi connectivity index (χ0v) is 17.2. The second-order valence-corrected chi connectivity index (χ2v) is 8.00. The first kappa shape index (κ1) is 22.3. The second kappa shape index (κ2) is 9.48. The largest absolute Gasteiger partial charge is 0.496 e. The fraction of sp³-hybridized carbons (Fsp3) is 0.316. The number of sulfonamides is 1. The highest BCUT2D eigenvalue weighted by molar-refractivity contribution is 7.89. The smallest absolute Gasteiger partial charge is 0.269 e. The quantitative estimate of drug-likeness (QED) is 0.491. The molecule has 0 saturated heterocycles. The number of methoxy groups -OCH3 is 1. The summed E-state index contributed by atoms with van der Waals surface area (Å²) in [5.74, 6) is -0.276. The minimum atomic E-state index is -3.73. The summed E-state index contributed by atoms with van der Waals surface area (Å²) >= 11 is 0. The van der Waals surface area contributed by atoms with Crippen molar-refractivity contribution in [3.05, 3.63) is 63.7 Å². The normalized spacial score (nSPS) is 11.3. The lowest BCUT2D eigenvalue weighted by molar-refractivity contribution is -0.384. The van der Waals surface area contributed by atoms with Crippen molar-refractivity contribution in [2.24, 2.45) is 0 Å². The van der Waals surface area contributed by atoms with Gasteiger partial charge in [0.15, 0.2) is 0 Å². The number of amides is 1. The maximum Gasteiger partial charge on any atom is 0.269 e. The first-order chi connectivity index (χ1) is 13.7. The summed E-state index contributed by atoms with van der Waals surface area (Å²) in [6.07, 6.45) is 0. The highest BCUT2D eigenvalue weighted by atomic mass is 32.2. The molecule has 2 aromatic rings. The van der Waals surface area contributed by atoms with Crippen LogP contribution in [0.15, 0.2) is 47.4 Å². The molecule has 1 amide bonds. The maximum atomic E-state index is 12.7. The Morgan fingerprint density at radius 2 is 1.76 bits per heavy atom. The Labute approximate surface area is 169 Å². The molecule has 0 aromatic heterocycles. The minimum Gasteiger partial charge on any atom is -0.496 e. The average molecular weight is 421 g/mol. The van der Waals surface area contributed by atoms with Crippen LogP contribution in [0.25, 0.3) is 0 Å². The number of rotatable bonds is 9. The topological polar surface area (TPSA) is 119 Å². The molecular weight excluding hydrogens is 398 g/mol. The van der Waals surface area contributed by atoms with Gasteiger partial charge >= 0.3 is 0 Å². The predicted octanol–water partition coefficient (Wildman–Crippen LogP) is 2.56. The van der Waals surface area contributed by atoms with E-state index in [-0.39, 0.29) is 28.4 Å². The molecule has 0 fully saturated rings. The Morgan fingerprint density at radius 1 is 1.14 bits per heavy atom. The van der Waals surface area contributed by atoms with Gasteiger partial charge in [0.25, 0.3) is 11.6 Å². The Hall–Kier alpha value is -2.98. The predicted molar refractivity (Wildman–Crippen MR) is 107 cm³/mol. The van der Waals surface area contributed by atoms with Crippen LogP contribution < -0.4 is 10.1 Å². The highest BCUT2D eigenvalue weighted by Gasteiger charge is 2.24. The molecule has 0 spiro atoms. The van der Waals surface area contributed by atoms with Gasteiger partial charge in [0.1, 0.15) is 5.75 Å². The van der Waals surface area contributed by atoms with Crippen LogP contribution >= 0.6 is 0 Å². The fourth-order valence-electron chi connectivity index (χ4n) is 2.75. The number of carbonyl (C=O) groups is 1. The van der Waals surface area contributed by atoms with E-state index in [1.807, 2.05) is 0 Å². The van der Waals surface area contributed by atoms with Gasteiger partial charge in [-0.15, -0.1) is 0 Å². The molecule has 2 rings (SSSR count). The number of carbonyl (C=O) groups excluding carboxylic acids is 1. The van der Waals surface area contributed by atoms with Gasteiger partial charge in [0.2, 0.25) is 10.0 Å². The first-order valence-electron chi connectivity index (χ1n) is 8.94.